The fraction of sp³-hybridized carbons (Fsp3) is 0.326. The van der Waals surface area contributed by atoms with Crippen molar-refractivity contribution in [3.8, 4) is 57.1 Å². The average Bonchev–Trinajstić information content (AvgIpc) is 4.02. The summed E-state index contributed by atoms with van der Waals surface area (Å²) in [6, 6.07) is 18.1. The lowest BCUT2D eigenvalue weighted by Crippen LogP contribution is -2.28. The van der Waals surface area contributed by atoms with Gasteiger partial charge in [-0.05, 0) is 99.4 Å². The third-order valence-electron chi connectivity index (χ3n) is 11.2. The topological polar surface area (TPSA) is 145 Å². The van der Waals surface area contributed by atoms with Gasteiger partial charge in [0.05, 0.1) is 38.1 Å². The maximum Gasteiger partial charge on any atom is 0.348 e. The maximum atomic E-state index is 12.9. The third-order valence-corrected chi connectivity index (χ3v) is 11.2. The Morgan fingerprint density at radius 3 is 1.98 bits per heavy atom. The van der Waals surface area contributed by atoms with Crippen molar-refractivity contribution in [2.24, 2.45) is 11.8 Å². The highest BCUT2D eigenvalue weighted by Crippen LogP contribution is 2.53. The number of aromatic hydroxyl groups is 2. The van der Waals surface area contributed by atoms with Crippen LogP contribution < -0.4 is 34.0 Å². The Kier molecular flexibility index (Phi) is 9.48. The second-order valence-electron chi connectivity index (χ2n) is 15.7. The number of ether oxygens (including phenoxy) is 8. The fourth-order valence-corrected chi connectivity index (χ4v) is 8.31. The van der Waals surface area contributed by atoms with Gasteiger partial charge in [0.25, 0.3) is 0 Å². The first kappa shape index (κ1) is 37.5. The lowest BCUT2D eigenvalue weighted by atomic mass is 9.85. The van der Waals surface area contributed by atoms with E-state index < -0.39 is 11.2 Å². The van der Waals surface area contributed by atoms with E-state index in [1.807, 2.05) is 64.1 Å². The molecule has 0 spiro atoms. The molecule has 5 aromatic rings. The summed E-state index contributed by atoms with van der Waals surface area (Å²) in [4.78, 5) is 12.9. The SMILES string of the molecule is COc1c(CC=C(C)C)c2c(c3oc(=O)c(-c4ccc(O)cc4)c(O)c13)C=CC(C)(C)O2.c1cc2c(cc1C1OCC3C(c4ccc5c(c4)OCO5)OCC13)OCO2. The molecule has 12 heteroatoms. The molecule has 2 saturated heterocycles. The summed E-state index contributed by atoms with van der Waals surface area (Å²) in [5.74, 6) is 4.60. The van der Waals surface area contributed by atoms with Crippen LogP contribution >= 0.6 is 0 Å². The van der Waals surface area contributed by atoms with Crippen molar-refractivity contribution >= 4 is 17.0 Å². The average molecular weight is 789 g/mol. The lowest BCUT2D eigenvalue weighted by Gasteiger charge is -2.31. The van der Waals surface area contributed by atoms with E-state index in [1.54, 1.807) is 12.1 Å². The molecule has 10 rings (SSSR count). The summed E-state index contributed by atoms with van der Waals surface area (Å²) in [5, 5.41) is 21.2. The molecule has 1 aromatic heterocycles. The monoisotopic (exact) mass is 788 g/mol. The number of benzene rings is 4. The van der Waals surface area contributed by atoms with Crippen LogP contribution in [0.5, 0.6) is 46.0 Å². The lowest BCUT2D eigenvalue weighted by molar-refractivity contribution is 0.0192. The molecule has 4 aromatic carbocycles. The molecule has 0 amide bonds. The van der Waals surface area contributed by atoms with E-state index in [9.17, 15) is 15.0 Å². The number of phenolic OH excluding ortho intramolecular Hbond substituents is 1. The zero-order valence-corrected chi connectivity index (χ0v) is 32.8. The molecule has 6 heterocycles. The number of hydrogen-bond acceptors (Lipinski definition) is 12. The number of allylic oxidation sites excluding steroid dienone is 2. The molecule has 4 unspecified atom stereocenters. The first-order valence-corrected chi connectivity index (χ1v) is 19.3. The molecule has 58 heavy (non-hydrogen) atoms. The van der Waals surface area contributed by atoms with Crippen molar-refractivity contribution in [2.45, 2.75) is 51.9 Å². The summed E-state index contributed by atoms with van der Waals surface area (Å²) >= 11 is 0. The van der Waals surface area contributed by atoms with Crippen LogP contribution in [0.2, 0.25) is 0 Å². The molecule has 12 nitrogen and oxygen atoms in total. The van der Waals surface area contributed by atoms with Gasteiger partial charge in [0, 0.05) is 17.4 Å². The number of phenols is 1. The molecule has 0 radical (unpaired) electrons. The van der Waals surface area contributed by atoms with E-state index in [1.165, 1.54) is 19.2 Å². The molecule has 5 aliphatic rings. The van der Waals surface area contributed by atoms with E-state index in [0.29, 0.717) is 59.5 Å². The van der Waals surface area contributed by atoms with E-state index in [2.05, 4.69) is 18.2 Å². The molecular formula is C46H44O12. The Morgan fingerprint density at radius 1 is 0.828 bits per heavy atom. The van der Waals surface area contributed by atoms with E-state index >= 15 is 0 Å². The van der Waals surface area contributed by atoms with Gasteiger partial charge in [-0.1, -0.05) is 35.9 Å². The van der Waals surface area contributed by atoms with Crippen LogP contribution in [-0.4, -0.2) is 49.7 Å². The smallest absolute Gasteiger partial charge is 0.348 e. The Morgan fingerprint density at radius 2 is 1.41 bits per heavy atom. The van der Waals surface area contributed by atoms with Gasteiger partial charge >= 0.3 is 5.63 Å². The number of methoxy groups -OCH3 is 1. The Hall–Kier alpha value is -6.11. The van der Waals surface area contributed by atoms with Crippen molar-refractivity contribution in [3.63, 3.8) is 0 Å². The van der Waals surface area contributed by atoms with Gasteiger partial charge in [-0.15, -0.1) is 0 Å². The highest BCUT2D eigenvalue weighted by Gasteiger charge is 2.48. The summed E-state index contributed by atoms with van der Waals surface area (Å²) < 4.78 is 52.0. The Labute approximate surface area is 334 Å². The van der Waals surface area contributed by atoms with Crippen LogP contribution in [0.15, 0.2) is 87.6 Å². The Balaban J connectivity index is 0.000000153. The van der Waals surface area contributed by atoms with E-state index in [0.717, 1.165) is 45.3 Å². The van der Waals surface area contributed by atoms with Gasteiger partial charge in [0.1, 0.15) is 39.5 Å². The van der Waals surface area contributed by atoms with Crippen LogP contribution in [0.1, 0.15) is 62.2 Å². The molecule has 4 atom stereocenters. The van der Waals surface area contributed by atoms with Crippen molar-refractivity contribution in [2.75, 3.05) is 33.9 Å². The Bertz CT molecular complexity index is 2460. The van der Waals surface area contributed by atoms with Gasteiger partial charge < -0.3 is 52.5 Å². The highest BCUT2D eigenvalue weighted by atomic mass is 16.7. The van der Waals surface area contributed by atoms with E-state index in [4.69, 9.17) is 42.3 Å². The van der Waals surface area contributed by atoms with Gasteiger partial charge in [0.2, 0.25) is 13.6 Å². The predicted octanol–water partition coefficient (Wildman–Crippen LogP) is 8.79. The van der Waals surface area contributed by atoms with Crippen LogP contribution in [0.25, 0.3) is 28.2 Å². The zero-order valence-electron chi connectivity index (χ0n) is 32.8. The largest absolute Gasteiger partial charge is 0.508 e. The molecule has 0 aliphatic carbocycles. The standard InChI is InChI=1S/C26H26O6.C20H18O6/c1-14(2)6-11-17-22-18(12-13-26(3,4)32-22)24-20(23(17)30-5)21(28)19(25(29)31-24)15-7-9-16(27)10-8-15;1-3-15-17(25-9-23-15)5-11(1)19-13-7-22-20(14(13)8-21-19)12-2-4-16-18(6-12)26-10-24-16/h6-10,12-13,27-28H,11H2,1-5H3;1-6,13-14,19-20H,7-10H2. The molecule has 0 saturated carbocycles. The molecular weight excluding hydrogens is 744 g/mol. The van der Waals surface area contributed by atoms with Crippen LogP contribution in [0, 0.1) is 11.8 Å². The minimum atomic E-state index is -0.694. The van der Waals surface area contributed by atoms with Gasteiger partial charge in [-0.3, -0.25) is 0 Å². The quantitative estimate of drug-likeness (QED) is 0.125. The highest BCUT2D eigenvalue weighted by molar-refractivity contribution is 6.02. The van der Waals surface area contributed by atoms with E-state index in [-0.39, 0.29) is 48.4 Å². The van der Waals surface area contributed by atoms with Gasteiger partial charge in [-0.25, -0.2) is 4.79 Å². The molecule has 5 aliphatic heterocycles. The molecule has 300 valence electrons. The second-order valence-corrected chi connectivity index (χ2v) is 15.7. The maximum absolute atomic E-state index is 12.9. The third kappa shape index (κ3) is 6.65. The summed E-state index contributed by atoms with van der Waals surface area (Å²) in [7, 11) is 1.52. The van der Waals surface area contributed by atoms with Crippen molar-refractivity contribution in [1.82, 2.24) is 0 Å². The number of fused-ring (bicyclic) bond motifs is 6. The van der Waals surface area contributed by atoms with Crippen LogP contribution in [0.3, 0.4) is 0 Å². The minimum Gasteiger partial charge on any atom is -0.508 e. The van der Waals surface area contributed by atoms with Crippen molar-refractivity contribution < 1.29 is 52.5 Å². The summed E-state index contributed by atoms with van der Waals surface area (Å²) in [5.41, 5.74) is 4.10. The predicted molar refractivity (Wildman–Crippen MR) is 214 cm³/mol. The fourth-order valence-electron chi connectivity index (χ4n) is 8.31. The second kappa shape index (κ2) is 14.7. The number of hydrogen-bond donors (Lipinski definition) is 2. The van der Waals surface area contributed by atoms with Gasteiger partial charge in [-0.2, -0.15) is 0 Å². The van der Waals surface area contributed by atoms with Crippen LogP contribution in [-0.2, 0) is 15.9 Å². The first-order valence-electron chi connectivity index (χ1n) is 19.3. The summed E-state index contributed by atoms with van der Waals surface area (Å²) in [6.07, 6.45) is 6.35. The molecule has 2 N–H and O–H groups in total. The van der Waals surface area contributed by atoms with Crippen LogP contribution in [0.4, 0.5) is 0 Å². The molecule has 2 fully saturated rings. The van der Waals surface area contributed by atoms with Crippen molar-refractivity contribution in [1.29, 1.82) is 0 Å². The van der Waals surface area contributed by atoms with Crippen molar-refractivity contribution in [3.05, 3.63) is 111 Å². The minimum absolute atomic E-state index is 0.00458. The molecule has 0 bridgehead atoms. The van der Waals surface area contributed by atoms with Gasteiger partial charge in [0.15, 0.2) is 28.6 Å². The number of rotatable bonds is 6. The normalized spacial score (nSPS) is 21.5. The zero-order chi connectivity index (χ0) is 40.3. The summed E-state index contributed by atoms with van der Waals surface area (Å²) in [6.45, 7) is 9.82. The first-order chi connectivity index (χ1) is 28.0.